The monoisotopic (exact) mass is 214 g/mol. The number of carbonyl (C=O) groups is 1. The molecule has 1 aromatic heterocycles. The smallest absolute Gasteiger partial charge is 0.344 e. The van der Waals surface area contributed by atoms with Crippen LogP contribution in [0, 0.1) is 0 Å². The van der Waals surface area contributed by atoms with Crippen LogP contribution in [0.3, 0.4) is 0 Å². The van der Waals surface area contributed by atoms with Crippen LogP contribution in [0.5, 0.6) is 0 Å². The molecule has 1 heterocycles. The van der Waals surface area contributed by atoms with Gasteiger partial charge >= 0.3 is 6.18 Å². The van der Waals surface area contributed by atoms with Crippen LogP contribution in [-0.2, 0) is 6.18 Å². The molecule has 0 saturated carbocycles. The number of H-pyrrole nitrogens is 1. The van der Waals surface area contributed by atoms with Crippen LogP contribution in [0.15, 0.2) is 18.5 Å². The molecule has 0 unspecified atom stereocenters. The van der Waals surface area contributed by atoms with Gasteiger partial charge in [-0.05, 0) is 12.1 Å². The highest BCUT2D eigenvalue weighted by Gasteiger charge is 2.33. The molecule has 0 aliphatic carbocycles. The van der Waals surface area contributed by atoms with Gasteiger partial charge in [0, 0.05) is 5.56 Å². The van der Waals surface area contributed by atoms with Gasteiger partial charge in [0.25, 0.3) is 0 Å². The summed E-state index contributed by atoms with van der Waals surface area (Å²) in [7, 11) is 0. The number of fused-ring (bicyclic) bond motifs is 1. The Morgan fingerprint density at radius 1 is 1.33 bits per heavy atom. The van der Waals surface area contributed by atoms with Crippen LogP contribution < -0.4 is 0 Å². The number of nitrogens with zero attached hydrogens (tertiary/aromatic N) is 1. The summed E-state index contributed by atoms with van der Waals surface area (Å²) >= 11 is 0. The molecule has 1 N–H and O–H groups in total. The number of imidazole rings is 1. The van der Waals surface area contributed by atoms with Crippen LogP contribution in [0.1, 0.15) is 15.9 Å². The van der Waals surface area contributed by atoms with Crippen LogP contribution in [0.2, 0.25) is 0 Å². The minimum atomic E-state index is -4.46. The van der Waals surface area contributed by atoms with E-state index in [1.807, 2.05) is 0 Å². The molecule has 6 heteroatoms. The summed E-state index contributed by atoms with van der Waals surface area (Å²) in [5.74, 6) is 0. The van der Waals surface area contributed by atoms with E-state index in [9.17, 15) is 18.0 Å². The number of aldehydes is 1. The van der Waals surface area contributed by atoms with Crippen molar-refractivity contribution >= 4 is 17.3 Å². The van der Waals surface area contributed by atoms with E-state index < -0.39 is 11.7 Å². The zero-order valence-electron chi connectivity index (χ0n) is 7.30. The van der Waals surface area contributed by atoms with E-state index in [0.717, 1.165) is 18.5 Å². The fourth-order valence-electron chi connectivity index (χ4n) is 1.38. The Bertz CT molecular complexity index is 516. The lowest BCUT2D eigenvalue weighted by Crippen LogP contribution is -2.06. The number of aromatic amines is 1. The SMILES string of the molecule is O=Cc1ccc(C(F)(F)F)c2nc[nH]c12. The summed E-state index contributed by atoms with van der Waals surface area (Å²) < 4.78 is 37.5. The zero-order chi connectivity index (χ0) is 11.1. The molecule has 3 nitrogen and oxygen atoms in total. The first kappa shape index (κ1) is 9.70. The van der Waals surface area contributed by atoms with Crippen LogP contribution in [-0.4, -0.2) is 16.3 Å². The van der Waals surface area contributed by atoms with Gasteiger partial charge in [0.05, 0.1) is 17.4 Å². The van der Waals surface area contributed by atoms with Crippen molar-refractivity contribution in [3.05, 3.63) is 29.6 Å². The zero-order valence-corrected chi connectivity index (χ0v) is 7.30. The second-order valence-corrected chi connectivity index (χ2v) is 2.94. The molecule has 0 aliphatic rings. The first-order valence-corrected chi connectivity index (χ1v) is 4.02. The van der Waals surface area contributed by atoms with Crippen molar-refractivity contribution < 1.29 is 18.0 Å². The topological polar surface area (TPSA) is 45.8 Å². The number of hydrogen-bond donors (Lipinski definition) is 1. The van der Waals surface area contributed by atoms with E-state index in [4.69, 9.17) is 0 Å². The molecule has 2 aromatic rings. The first-order chi connectivity index (χ1) is 7.04. The number of benzene rings is 1. The number of alkyl halides is 3. The highest BCUT2D eigenvalue weighted by molar-refractivity contribution is 5.95. The predicted molar refractivity (Wildman–Crippen MR) is 46.5 cm³/mol. The normalized spacial score (nSPS) is 11.9. The Kier molecular flexibility index (Phi) is 1.99. The Hall–Kier alpha value is -1.85. The number of rotatable bonds is 1. The van der Waals surface area contributed by atoms with Gasteiger partial charge in [0.1, 0.15) is 5.52 Å². The van der Waals surface area contributed by atoms with Crippen LogP contribution >= 0.6 is 0 Å². The van der Waals surface area contributed by atoms with E-state index >= 15 is 0 Å². The molecule has 78 valence electrons. The fraction of sp³-hybridized carbons (Fsp3) is 0.111. The quantitative estimate of drug-likeness (QED) is 0.741. The first-order valence-electron chi connectivity index (χ1n) is 4.02. The Morgan fingerprint density at radius 3 is 2.67 bits per heavy atom. The largest absolute Gasteiger partial charge is 0.418 e. The Morgan fingerprint density at radius 2 is 2.07 bits per heavy atom. The fourth-order valence-corrected chi connectivity index (χ4v) is 1.38. The number of aromatic nitrogens is 2. The molecule has 0 bridgehead atoms. The number of hydrogen-bond acceptors (Lipinski definition) is 2. The molecule has 2 rings (SSSR count). The molecular formula is C9H5F3N2O. The minimum absolute atomic E-state index is 0.111. The second-order valence-electron chi connectivity index (χ2n) is 2.94. The molecular weight excluding hydrogens is 209 g/mol. The molecule has 0 aliphatic heterocycles. The maximum absolute atomic E-state index is 12.5. The number of halogens is 3. The number of carbonyl (C=O) groups excluding carboxylic acids is 1. The van der Waals surface area contributed by atoms with Gasteiger partial charge in [-0.25, -0.2) is 4.98 Å². The van der Waals surface area contributed by atoms with Gasteiger partial charge in [0.2, 0.25) is 0 Å². The van der Waals surface area contributed by atoms with Gasteiger partial charge in [-0.1, -0.05) is 0 Å². The average Bonchev–Trinajstić information content (AvgIpc) is 2.62. The second kappa shape index (κ2) is 3.08. The average molecular weight is 214 g/mol. The lowest BCUT2D eigenvalue weighted by atomic mass is 10.1. The van der Waals surface area contributed by atoms with Gasteiger partial charge in [-0.15, -0.1) is 0 Å². The van der Waals surface area contributed by atoms with Gasteiger partial charge in [-0.2, -0.15) is 13.2 Å². The third-order valence-electron chi connectivity index (χ3n) is 2.05. The van der Waals surface area contributed by atoms with Crippen molar-refractivity contribution in [2.75, 3.05) is 0 Å². The van der Waals surface area contributed by atoms with E-state index in [1.165, 1.54) is 0 Å². The summed E-state index contributed by atoms with van der Waals surface area (Å²) in [6.07, 6.45) is -2.84. The van der Waals surface area contributed by atoms with Crippen molar-refractivity contribution in [2.45, 2.75) is 6.18 Å². The van der Waals surface area contributed by atoms with Crippen molar-refractivity contribution in [1.29, 1.82) is 0 Å². The van der Waals surface area contributed by atoms with Crippen LogP contribution in [0.25, 0.3) is 11.0 Å². The van der Waals surface area contributed by atoms with Crippen molar-refractivity contribution in [3.8, 4) is 0 Å². The van der Waals surface area contributed by atoms with Crippen molar-refractivity contribution in [3.63, 3.8) is 0 Å². The highest BCUT2D eigenvalue weighted by Crippen LogP contribution is 2.34. The summed E-state index contributed by atoms with van der Waals surface area (Å²) in [6, 6.07) is 1.98. The highest BCUT2D eigenvalue weighted by atomic mass is 19.4. The van der Waals surface area contributed by atoms with E-state index in [1.54, 1.807) is 0 Å². The predicted octanol–water partition coefficient (Wildman–Crippen LogP) is 2.39. The third-order valence-corrected chi connectivity index (χ3v) is 2.05. The summed E-state index contributed by atoms with van der Waals surface area (Å²) in [5.41, 5.74) is -0.799. The summed E-state index contributed by atoms with van der Waals surface area (Å²) in [5, 5.41) is 0. The summed E-state index contributed by atoms with van der Waals surface area (Å²) in [6.45, 7) is 0. The van der Waals surface area contributed by atoms with Crippen molar-refractivity contribution in [1.82, 2.24) is 9.97 Å². The van der Waals surface area contributed by atoms with Gasteiger partial charge < -0.3 is 4.98 Å². The van der Waals surface area contributed by atoms with E-state index in [-0.39, 0.29) is 16.6 Å². The molecule has 0 fully saturated rings. The number of nitrogens with one attached hydrogen (secondary N) is 1. The lowest BCUT2D eigenvalue weighted by molar-refractivity contribution is -0.136. The van der Waals surface area contributed by atoms with E-state index in [2.05, 4.69) is 9.97 Å². The minimum Gasteiger partial charge on any atom is -0.344 e. The molecule has 1 aromatic carbocycles. The lowest BCUT2D eigenvalue weighted by Gasteiger charge is -2.07. The van der Waals surface area contributed by atoms with Crippen LogP contribution in [0.4, 0.5) is 13.2 Å². The standard InChI is InChI=1S/C9H5F3N2O/c10-9(11,12)6-2-1-5(3-15)7-8(6)14-4-13-7/h1-4H,(H,13,14). The summed E-state index contributed by atoms with van der Waals surface area (Å²) in [4.78, 5) is 16.6. The molecule has 0 radical (unpaired) electrons. The maximum atomic E-state index is 12.5. The molecule has 0 saturated heterocycles. The molecule has 0 amide bonds. The Balaban J connectivity index is 2.80. The molecule has 0 atom stereocenters. The van der Waals surface area contributed by atoms with E-state index in [0.29, 0.717) is 6.29 Å². The van der Waals surface area contributed by atoms with Gasteiger partial charge in [0.15, 0.2) is 6.29 Å². The third kappa shape index (κ3) is 1.47. The Labute approximate surface area is 81.9 Å². The molecule has 0 spiro atoms. The van der Waals surface area contributed by atoms with Crippen molar-refractivity contribution in [2.24, 2.45) is 0 Å². The molecule has 15 heavy (non-hydrogen) atoms. The van der Waals surface area contributed by atoms with Gasteiger partial charge in [-0.3, -0.25) is 4.79 Å². The maximum Gasteiger partial charge on any atom is 0.418 e.